The molecule has 1 amide bonds. The van der Waals surface area contributed by atoms with Gasteiger partial charge in [-0.3, -0.25) is 9.69 Å². The molecule has 0 aliphatic carbocycles. The zero-order valence-electron chi connectivity index (χ0n) is 12.4. The van der Waals surface area contributed by atoms with Crippen molar-refractivity contribution in [1.82, 2.24) is 9.80 Å². The highest BCUT2D eigenvalue weighted by atomic mass is 16.5. The van der Waals surface area contributed by atoms with Gasteiger partial charge in [0.15, 0.2) is 6.61 Å². The number of hydrogen-bond donors (Lipinski definition) is 1. The van der Waals surface area contributed by atoms with Crippen LogP contribution in [0, 0.1) is 0 Å². The molecule has 0 atom stereocenters. The molecule has 110 valence electrons. The van der Waals surface area contributed by atoms with E-state index >= 15 is 0 Å². The number of benzene rings is 1. The third kappa shape index (κ3) is 3.42. The Bertz CT molecular complexity index is 471. The summed E-state index contributed by atoms with van der Waals surface area (Å²) in [5, 5.41) is 0. The Hall–Kier alpha value is -1.75. The molecule has 5 heteroatoms. The molecule has 1 aromatic carbocycles. The lowest BCUT2D eigenvalue weighted by Crippen LogP contribution is -2.59. The average Bonchev–Trinajstić information content (AvgIpc) is 2.41. The highest BCUT2D eigenvalue weighted by Gasteiger charge is 2.33. The number of ether oxygens (including phenoxy) is 1. The second kappa shape index (κ2) is 5.71. The molecule has 1 saturated heterocycles. The summed E-state index contributed by atoms with van der Waals surface area (Å²) in [5.41, 5.74) is 6.30. The molecule has 2 rings (SSSR count). The Kier molecular flexibility index (Phi) is 4.18. The number of nitrogens with zero attached hydrogens (tertiary/aromatic N) is 2. The molecule has 1 heterocycles. The van der Waals surface area contributed by atoms with Gasteiger partial charge in [-0.25, -0.2) is 0 Å². The highest BCUT2D eigenvalue weighted by molar-refractivity contribution is 5.78. The number of amides is 1. The molecule has 1 aliphatic heterocycles. The van der Waals surface area contributed by atoms with Gasteiger partial charge in [-0.05, 0) is 45.2 Å². The molecule has 2 N–H and O–H groups in total. The Labute approximate surface area is 120 Å². The maximum atomic E-state index is 12.2. The van der Waals surface area contributed by atoms with Crippen LogP contribution >= 0.6 is 0 Å². The van der Waals surface area contributed by atoms with Gasteiger partial charge in [-0.15, -0.1) is 0 Å². The van der Waals surface area contributed by atoms with Crippen molar-refractivity contribution in [3.8, 4) is 5.75 Å². The Balaban J connectivity index is 1.87. The number of nitrogens with two attached hydrogens (primary N) is 1. The first-order valence-electron chi connectivity index (χ1n) is 6.86. The molecule has 1 fully saturated rings. The fraction of sp³-hybridized carbons (Fsp3) is 0.533. The summed E-state index contributed by atoms with van der Waals surface area (Å²) < 4.78 is 5.51. The number of anilines is 1. The van der Waals surface area contributed by atoms with E-state index in [9.17, 15) is 4.79 Å². The number of carbonyl (C=O) groups is 1. The molecule has 0 bridgehead atoms. The van der Waals surface area contributed by atoms with E-state index in [1.807, 2.05) is 4.90 Å². The van der Waals surface area contributed by atoms with Crippen molar-refractivity contribution in [1.29, 1.82) is 0 Å². The fourth-order valence-electron chi connectivity index (χ4n) is 2.25. The van der Waals surface area contributed by atoms with Crippen molar-refractivity contribution in [2.45, 2.75) is 19.4 Å². The normalized spacial score (nSPS) is 18.9. The minimum absolute atomic E-state index is 0.00904. The van der Waals surface area contributed by atoms with Gasteiger partial charge in [0.25, 0.3) is 5.91 Å². The number of carbonyl (C=O) groups excluding carboxylic acids is 1. The van der Waals surface area contributed by atoms with E-state index in [4.69, 9.17) is 10.5 Å². The van der Waals surface area contributed by atoms with Crippen molar-refractivity contribution in [3.05, 3.63) is 24.3 Å². The second-order valence-corrected chi connectivity index (χ2v) is 5.91. The van der Waals surface area contributed by atoms with Crippen LogP contribution in [0.4, 0.5) is 5.69 Å². The van der Waals surface area contributed by atoms with Crippen LogP contribution in [0.2, 0.25) is 0 Å². The van der Waals surface area contributed by atoms with E-state index < -0.39 is 0 Å². The van der Waals surface area contributed by atoms with E-state index in [0.717, 1.165) is 19.6 Å². The summed E-state index contributed by atoms with van der Waals surface area (Å²) in [6.07, 6.45) is 0. The van der Waals surface area contributed by atoms with Crippen molar-refractivity contribution in [3.63, 3.8) is 0 Å². The number of hydrogen-bond acceptors (Lipinski definition) is 4. The highest BCUT2D eigenvalue weighted by Crippen LogP contribution is 2.19. The van der Waals surface area contributed by atoms with Crippen LogP contribution < -0.4 is 10.5 Å². The number of nitrogen functional groups attached to an aromatic ring is 1. The zero-order valence-corrected chi connectivity index (χ0v) is 12.4. The van der Waals surface area contributed by atoms with Crippen molar-refractivity contribution >= 4 is 11.6 Å². The standard InChI is InChI=1S/C15H23N3O2/c1-15(2)11-18(9-8-17(15)3)14(19)10-20-13-6-4-12(16)5-7-13/h4-7H,8-11,16H2,1-3H3. The van der Waals surface area contributed by atoms with Crippen LogP contribution in [-0.2, 0) is 4.79 Å². The minimum Gasteiger partial charge on any atom is -0.484 e. The quantitative estimate of drug-likeness (QED) is 0.843. The molecule has 0 spiro atoms. The molecule has 0 aromatic heterocycles. The smallest absolute Gasteiger partial charge is 0.260 e. The first-order chi connectivity index (χ1) is 9.38. The summed E-state index contributed by atoms with van der Waals surface area (Å²) in [4.78, 5) is 16.3. The Morgan fingerprint density at radius 1 is 1.30 bits per heavy atom. The number of likely N-dealkylation sites (N-methyl/N-ethyl adjacent to an activating group) is 1. The first kappa shape index (κ1) is 14.7. The molecular weight excluding hydrogens is 254 g/mol. The van der Waals surface area contributed by atoms with E-state index in [2.05, 4.69) is 25.8 Å². The van der Waals surface area contributed by atoms with Crippen molar-refractivity contribution in [2.24, 2.45) is 0 Å². The summed E-state index contributed by atoms with van der Waals surface area (Å²) in [6.45, 7) is 6.74. The zero-order chi connectivity index (χ0) is 14.8. The summed E-state index contributed by atoms with van der Waals surface area (Å²) in [7, 11) is 2.09. The largest absolute Gasteiger partial charge is 0.484 e. The lowest BCUT2D eigenvalue weighted by atomic mass is 10.00. The van der Waals surface area contributed by atoms with Crippen LogP contribution in [0.15, 0.2) is 24.3 Å². The molecule has 1 aliphatic rings. The van der Waals surface area contributed by atoms with E-state index in [1.165, 1.54) is 0 Å². The van der Waals surface area contributed by atoms with Gasteiger partial charge in [0.05, 0.1) is 0 Å². The van der Waals surface area contributed by atoms with Gasteiger partial charge >= 0.3 is 0 Å². The van der Waals surface area contributed by atoms with Gasteiger partial charge in [-0.2, -0.15) is 0 Å². The van der Waals surface area contributed by atoms with Crippen LogP contribution in [0.3, 0.4) is 0 Å². The molecule has 1 aromatic rings. The summed E-state index contributed by atoms with van der Waals surface area (Å²) >= 11 is 0. The minimum atomic E-state index is 0.00904. The van der Waals surface area contributed by atoms with E-state index in [1.54, 1.807) is 24.3 Å². The van der Waals surface area contributed by atoms with E-state index in [-0.39, 0.29) is 18.1 Å². The molecule has 0 radical (unpaired) electrons. The van der Waals surface area contributed by atoms with Gasteiger partial charge in [-0.1, -0.05) is 0 Å². The Morgan fingerprint density at radius 2 is 1.95 bits per heavy atom. The van der Waals surface area contributed by atoms with Gasteiger partial charge in [0.1, 0.15) is 5.75 Å². The molecule has 0 saturated carbocycles. The van der Waals surface area contributed by atoms with Gasteiger partial charge in [0, 0.05) is 30.9 Å². The van der Waals surface area contributed by atoms with Crippen LogP contribution in [-0.4, -0.2) is 54.5 Å². The predicted octanol–water partition coefficient (Wildman–Crippen LogP) is 1.20. The van der Waals surface area contributed by atoms with Gasteiger partial charge < -0.3 is 15.4 Å². The topological polar surface area (TPSA) is 58.8 Å². The SMILES string of the molecule is CN1CCN(C(=O)COc2ccc(N)cc2)CC1(C)C. The summed E-state index contributed by atoms with van der Waals surface area (Å²) in [6, 6.07) is 7.07. The third-order valence-electron chi connectivity index (χ3n) is 3.91. The van der Waals surface area contributed by atoms with Crippen LogP contribution in [0.25, 0.3) is 0 Å². The van der Waals surface area contributed by atoms with E-state index in [0.29, 0.717) is 11.4 Å². The molecular formula is C15H23N3O2. The van der Waals surface area contributed by atoms with Gasteiger partial charge in [0.2, 0.25) is 0 Å². The molecule has 5 nitrogen and oxygen atoms in total. The third-order valence-corrected chi connectivity index (χ3v) is 3.91. The monoisotopic (exact) mass is 277 g/mol. The Morgan fingerprint density at radius 3 is 2.55 bits per heavy atom. The number of piperazine rings is 1. The summed E-state index contributed by atoms with van der Waals surface area (Å²) in [5.74, 6) is 0.698. The lowest BCUT2D eigenvalue weighted by Gasteiger charge is -2.45. The maximum Gasteiger partial charge on any atom is 0.260 e. The lowest BCUT2D eigenvalue weighted by molar-refractivity contribution is -0.137. The fourth-order valence-corrected chi connectivity index (χ4v) is 2.25. The number of rotatable bonds is 3. The van der Waals surface area contributed by atoms with Crippen molar-refractivity contribution < 1.29 is 9.53 Å². The van der Waals surface area contributed by atoms with Crippen molar-refractivity contribution in [2.75, 3.05) is 39.0 Å². The second-order valence-electron chi connectivity index (χ2n) is 5.91. The molecule has 20 heavy (non-hydrogen) atoms. The first-order valence-corrected chi connectivity index (χ1v) is 6.86. The molecule has 0 unspecified atom stereocenters. The van der Waals surface area contributed by atoms with Crippen LogP contribution in [0.1, 0.15) is 13.8 Å². The van der Waals surface area contributed by atoms with Crippen LogP contribution in [0.5, 0.6) is 5.75 Å². The predicted molar refractivity (Wildman–Crippen MR) is 79.6 cm³/mol. The average molecular weight is 277 g/mol. The maximum absolute atomic E-state index is 12.2.